The minimum absolute atomic E-state index is 0.0595. The first kappa shape index (κ1) is 11.3. The van der Waals surface area contributed by atoms with Gasteiger partial charge in [-0.25, -0.2) is 0 Å². The zero-order chi connectivity index (χ0) is 10.9. The van der Waals surface area contributed by atoms with E-state index in [1.807, 2.05) is 0 Å². The Hall–Kier alpha value is -0.780. The van der Waals surface area contributed by atoms with Crippen molar-refractivity contribution in [2.75, 3.05) is 0 Å². The lowest BCUT2D eigenvalue weighted by molar-refractivity contribution is -0.226. The molecule has 3 atom stereocenters. The van der Waals surface area contributed by atoms with Crippen LogP contribution >= 0.6 is 0 Å². The number of hydrogen-bond acceptors (Lipinski definition) is 2. The molecule has 0 saturated carbocycles. The van der Waals surface area contributed by atoms with Crippen LogP contribution in [0.5, 0.6) is 0 Å². The van der Waals surface area contributed by atoms with Crippen molar-refractivity contribution in [1.82, 2.24) is 0 Å². The number of carboxylic acid groups (broad SMARTS) is 1. The van der Waals surface area contributed by atoms with Gasteiger partial charge >= 0.3 is 12.1 Å². The van der Waals surface area contributed by atoms with Crippen molar-refractivity contribution >= 4 is 5.97 Å². The quantitative estimate of drug-likeness (QED) is 0.759. The molecule has 3 nitrogen and oxygen atoms in total. The highest BCUT2D eigenvalue weighted by atomic mass is 19.4. The molecule has 0 aromatic rings. The number of ether oxygens (including phenoxy) is 1. The van der Waals surface area contributed by atoms with Crippen LogP contribution < -0.4 is 0 Å². The molecule has 0 bridgehead atoms. The number of hydrogen-bond donors (Lipinski definition) is 1. The van der Waals surface area contributed by atoms with Crippen molar-refractivity contribution in [3.63, 3.8) is 0 Å². The van der Waals surface area contributed by atoms with Crippen LogP contribution in [0.2, 0.25) is 0 Å². The van der Waals surface area contributed by atoms with Gasteiger partial charge in [0.05, 0.1) is 12.0 Å². The van der Waals surface area contributed by atoms with Gasteiger partial charge in [0.25, 0.3) is 0 Å². The summed E-state index contributed by atoms with van der Waals surface area (Å²) < 4.78 is 41.5. The van der Waals surface area contributed by atoms with Crippen LogP contribution in [-0.2, 0) is 9.53 Å². The standard InChI is InChI=1S/C8H11F3O3/c1-2-4-3-5(7(12)13)6(14-4)8(9,10)11/h4-6H,2-3H2,1H3,(H,12,13). The second kappa shape index (κ2) is 3.76. The van der Waals surface area contributed by atoms with E-state index in [1.54, 1.807) is 6.92 Å². The maximum atomic E-state index is 12.3. The SMILES string of the molecule is CCC1CC(C(=O)O)C(C(F)(F)F)O1. The van der Waals surface area contributed by atoms with Gasteiger partial charge < -0.3 is 9.84 Å². The average molecular weight is 212 g/mol. The molecular formula is C8H11F3O3. The summed E-state index contributed by atoms with van der Waals surface area (Å²) in [6, 6.07) is 0. The molecule has 1 fully saturated rings. The van der Waals surface area contributed by atoms with Gasteiger partial charge in [-0.15, -0.1) is 0 Å². The van der Waals surface area contributed by atoms with Gasteiger partial charge in [-0.1, -0.05) is 6.92 Å². The Labute approximate surface area is 78.9 Å². The molecule has 82 valence electrons. The molecule has 1 rings (SSSR count). The van der Waals surface area contributed by atoms with Crippen LogP contribution in [0.1, 0.15) is 19.8 Å². The Morgan fingerprint density at radius 3 is 2.43 bits per heavy atom. The monoisotopic (exact) mass is 212 g/mol. The van der Waals surface area contributed by atoms with Crippen LogP contribution in [0.25, 0.3) is 0 Å². The largest absolute Gasteiger partial charge is 0.481 e. The lowest BCUT2D eigenvalue weighted by Crippen LogP contribution is -2.37. The Morgan fingerprint density at radius 2 is 2.14 bits per heavy atom. The maximum absolute atomic E-state index is 12.3. The Morgan fingerprint density at radius 1 is 1.57 bits per heavy atom. The number of carboxylic acids is 1. The molecule has 1 aliphatic heterocycles. The summed E-state index contributed by atoms with van der Waals surface area (Å²) in [5.74, 6) is -2.90. The molecule has 3 unspecified atom stereocenters. The third-order valence-electron chi connectivity index (χ3n) is 2.32. The number of halogens is 3. The fourth-order valence-electron chi connectivity index (χ4n) is 1.56. The van der Waals surface area contributed by atoms with E-state index in [9.17, 15) is 18.0 Å². The zero-order valence-corrected chi connectivity index (χ0v) is 7.54. The van der Waals surface area contributed by atoms with Crippen molar-refractivity contribution in [3.8, 4) is 0 Å². The molecule has 14 heavy (non-hydrogen) atoms. The van der Waals surface area contributed by atoms with Gasteiger partial charge in [-0.05, 0) is 12.8 Å². The van der Waals surface area contributed by atoms with E-state index in [4.69, 9.17) is 5.11 Å². The molecule has 0 amide bonds. The number of alkyl halides is 3. The summed E-state index contributed by atoms with van der Waals surface area (Å²) in [6.45, 7) is 1.67. The third kappa shape index (κ3) is 2.17. The smallest absolute Gasteiger partial charge is 0.415 e. The first-order valence-corrected chi connectivity index (χ1v) is 4.31. The summed E-state index contributed by atoms with van der Waals surface area (Å²) in [4.78, 5) is 10.5. The average Bonchev–Trinajstić information content (AvgIpc) is 2.46. The van der Waals surface area contributed by atoms with Crippen LogP contribution in [0.4, 0.5) is 13.2 Å². The van der Waals surface area contributed by atoms with Gasteiger partial charge in [0.2, 0.25) is 0 Å². The Balaban J connectivity index is 2.77. The highest BCUT2D eigenvalue weighted by molar-refractivity contribution is 5.71. The van der Waals surface area contributed by atoms with Crippen molar-refractivity contribution in [1.29, 1.82) is 0 Å². The summed E-state index contributed by atoms with van der Waals surface area (Å²) in [6.07, 6.45) is -6.99. The van der Waals surface area contributed by atoms with E-state index >= 15 is 0 Å². The molecule has 0 aromatic carbocycles. The van der Waals surface area contributed by atoms with Crippen molar-refractivity contribution in [2.45, 2.75) is 38.1 Å². The number of aliphatic carboxylic acids is 1. The molecule has 1 saturated heterocycles. The van der Waals surface area contributed by atoms with E-state index in [-0.39, 0.29) is 6.42 Å². The van der Waals surface area contributed by atoms with Crippen LogP contribution in [0, 0.1) is 5.92 Å². The molecular weight excluding hydrogens is 201 g/mol. The van der Waals surface area contributed by atoms with Crippen LogP contribution in [-0.4, -0.2) is 29.5 Å². The normalized spacial score (nSPS) is 33.3. The van der Waals surface area contributed by atoms with Crippen molar-refractivity contribution in [2.24, 2.45) is 5.92 Å². The van der Waals surface area contributed by atoms with E-state index in [0.29, 0.717) is 6.42 Å². The van der Waals surface area contributed by atoms with Crippen molar-refractivity contribution in [3.05, 3.63) is 0 Å². The molecule has 1 heterocycles. The van der Waals surface area contributed by atoms with E-state index in [1.165, 1.54) is 0 Å². The van der Waals surface area contributed by atoms with E-state index in [2.05, 4.69) is 4.74 Å². The van der Waals surface area contributed by atoms with Gasteiger partial charge in [-0.3, -0.25) is 4.79 Å². The highest BCUT2D eigenvalue weighted by Crippen LogP contribution is 2.38. The molecule has 1 N–H and O–H groups in total. The Kier molecular flexibility index (Phi) is 3.04. The molecule has 0 radical (unpaired) electrons. The fourth-order valence-corrected chi connectivity index (χ4v) is 1.56. The van der Waals surface area contributed by atoms with Gasteiger partial charge in [-0.2, -0.15) is 13.2 Å². The topological polar surface area (TPSA) is 46.5 Å². The zero-order valence-electron chi connectivity index (χ0n) is 7.54. The first-order chi connectivity index (χ1) is 6.36. The summed E-state index contributed by atoms with van der Waals surface area (Å²) in [7, 11) is 0. The first-order valence-electron chi connectivity index (χ1n) is 4.31. The highest BCUT2D eigenvalue weighted by Gasteiger charge is 2.53. The fraction of sp³-hybridized carbons (Fsp3) is 0.875. The third-order valence-corrected chi connectivity index (χ3v) is 2.32. The summed E-state index contributed by atoms with van der Waals surface area (Å²) >= 11 is 0. The van der Waals surface area contributed by atoms with Crippen LogP contribution in [0.3, 0.4) is 0 Å². The summed E-state index contributed by atoms with van der Waals surface area (Å²) in [5.41, 5.74) is 0. The Bertz CT molecular complexity index is 226. The maximum Gasteiger partial charge on any atom is 0.415 e. The number of carbonyl (C=O) groups is 1. The van der Waals surface area contributed by atoms with Crippen LogP contribution in [0.15, 0.2) is 0 Å². The lowest BCUT2D eigenvalue weighted by Gasteiger charge is -2.18. The van der Waals surface area contributed by atoms with E-state index < -0.39 is 30.3 Å². The molecule has 0 spiro atoms. The molecule has 0 aromatic heterocycles. The van der Waals surface area contributed by atoms with Gasteiger partial charge in [0, 0.05) is 0 Å². The second-order valence-electron chi connectivity index (χ2n) is 3.31. The predicted molar refractivity (Wildman–Crippen MR) is 40.7 cm³/mol. The van der Waals surface area contributed by atoms with E-state index in [0.717, 1.165) is 0 Å². The minimum Gasteiger partial charge on any atom is -0.481 e. The van der Waals surface area contributed by atoms with Gasteiger partial charge in [0.15, 0.2) is 6.10 Å². The number of rotatable bonds is 2. The molecule has 1 aliphatic rings. The summed E-state index contributed by atoms with van der Waals surface area (Å²) in [5, 5.41) is 8.58. The minimum atomic E-state index is -4.59. The van der Waals surface area contributed by atoms with Crippen molar-refractivity contribution < 1.29 is 27.8 Å². The van der Waals surface area contributed by atoms with Gasteiger partial charge in [0.1, 0.15) is 0 Å². The molecule has 0 aliphatic carbocycles. The second-order valence-corrected chi connectivity index (χ2v) is 3.31. The molecule has 6 heteroatoms. The lowest BCUT2D eigenvalue weighted by atomic mass is 9.98. The predicted octanol–water partition coefficient (Wildman–Crippen LogP) is 1.82.